The molecule has 0 aliphatic heterocycles. The molecule has 19 heavy (non-hydrogen) atoms. The molecule has 3 rings (SSSR count). The van der Waals surface area contributed by atoms with E-state index in [-0.39, 0.29) is 0 Å². The lowest BCUT2D eigenvalue weighted by Gasteiger charge is -2.36. The highest BCUT2D eigenvalue weighted by atomic mass is 32.1. The summed E-state index contributed by atoms with van der Waals surface area (Å²) in [7, 11) is 0. The average molecular weight is 279 g/mol. The van der Waals surface area contributed by atoms with Gasteiger partial charge >= 0.3 is 0 Å². The minimum atomic E-state index is -0.560. The summed E-state index contributed by atoms with van der Waals surface area (Å²) in [6.45, 7) is 3.15. The molecule has 0 aromatic carbocycles. The van der Waals surface area contributed by atoms with Crippen LogP contribution in [0.15, 0.2) is 17.8 Å². The first-order valence-corrected chi connectivity index (χ1v) is 7.93. The topological polar surface area (TPSA) is 49.6 Å². The van der Waals surface area contributed by atoms with Crippen molar-refractivity contribution in [1.82, 2.24) is 14.7 Å². The quantitative estimate of drug-likeness (QED) is 0.902. The summed E-state index contributed by atoms with van der Waals surface area (Å²) >= 11 is 1.64. The third-order valence-electron chi connectivity index (χ3n) is 4.06. The van der Waals surface area contributed by atoms with Crippen LogP contribution in [0.1, 0.15) is 38.3 Å². The first-order valence-electron chi connectivity index (χ1n) is 7.05. The van der Waals surface area contributed by atoms with Gasteiger partial charge in [-0.3, -0.25) is 4.40 Å². The Bertz CT molecular complexity index is 511. The molecule has 104 valence electrons. The third-order valence-corrected chi connectivity index (χ3v) is 4.83. The maximum absolute atomic E-state index is 10.7. The fourth-order valence-corrected chi connectivity index (χ4v) is 3.74. The van der Waals surface area contributed by atoms with Gasteiger partial charge in [0.2, 0.25) is 0 Å². The second-order valence-corrected chi connectivity index (χ2v) is 6.43. The van der Waals surface area contributed by atoms with Gasteiger partial charge in [0, 0.05) is 30.2 Å². The highest BCUT2D eigenvalue weighted by molar-refractivity contribution is 7.15. The van der Waals surface area contributed by atoms with Crippen LogP contribution in [-0.4, -0.2) is 32.7 Å². The summed E-state index contributed by atoms with van der Waals surface area (Å²) < 4.78 is 2.04. The molecule has 2 aromatic heterocycles. The standard InChI is InChI=1S/C14H21N3OS/c1-2-15-11-3-5-14(18,6-4-11)9-12-10-17-7-8-19-13(17)16-12/h7-8,10-11,15,18H,2-6,9H2,1H3. The molecule has 1 aliphatic carbocycles. The van der Waals surface area contributed by atoms with Crippen molar-refractivity contribution in [3.8, 4) is 0 Å². The Morgan fingerprint density at radius 1 is 1.53 bits per heavy atom. The van der Waals surface area contributed by atoms with Crippen molar-refractivity contribution in [2.75, 3.05) is 6.54 Å². The highest BCUT2D eigenvalue weighted by Gasteiger charge is 2.33. The van der Waals surface area contributed by atoms with Gasteiger partial charge in [-0.05, 0) is 32.2 Å². The number of hydrogen-bond acceptors (Lipinski definition) is 4. The average Bonchev–Trinajstić information content (AvgIpc) is 2.93. The van der Waals surface area contributed by atoms with Crippen LogP contribution in [0.2, 0.25) is 0 Å². The molecule has 0 spiro atoms. The van der Waals surface area contributed by atoms with E-state index in [1.807, 2.05) is 22.2 Å². The van der Waals surface area contributed by atoms with E-state index in [9.17, 15) is 5.11 Å². The maximum atomic E-state index is 10.7. The number of aromatic nitrogens is 2. The molecule has 0 atom stereocenters. The second-order valence-electron chi connectivity index (χ2n) is 5.56. The van der Waals surface area contributed by atoms with Crippen LogP contribution >= 0.6 is 11.3 Å². The van der Waals surface area contributed by atoms with E-state index in [1.54, 1.807) is 11.3 Å². The molecule has 0 radical (unpaired) electrons. The number of imidazole rings is 1. The summed E-state index contributed by atoms with van der Waals surface area (Å²) in [5, 5.41) is 16.2. The molecule has 2 N–H and O–H groups in total. The van der Waals surface area contributed by atoms with Crippen molar-refractivity contribution in [2.24, 2.45) is 0 Å². The van der Waals surface area contributed by atoms with E-state index in [0.717, 1.165) is 42.9 Å². The lowest BCUT2D eigenvalue weighted by atomic mass is 9.79. The number of fused-ring (bicyclic) bond motifs is 1. The Hall–Kier alpha value is -0.910. The molecule has 2 aromatic rings. The lowest BCUT2D eigenvalue weighted by Crippen LogP contribution is -2.42. The number of hydrogen-bond donors (Lipinski definition) is 2. The van der Waals surface area contributed by atoms with Crippen molar-refractivity contribution < 1.29 is 5.11 Å². The fraction of sp³-hybridized carbons (Fsp3) is 0.643. The number of rotatable bonds is 4. The van der Waals surface area contributed by atoms with Crippen molar-refractivity contribution in [3.63, 3.8) is 0 Å². The van der Waals surface area contributed by atoms with Gasteiger partial charge in [0.05, 0.1) is 11.3 Å². The van der Waals surface area contributed by atoms with Crippen LogP contribution in [0.5, 0.6) is 0 Å². The van der Waals surface area contributed by atoms with E-state index in [2.05, 4.69) is 17.2 Å². The molecule has 1 saturated carbocycles. The van der Waals surface area contributed by atoms with Crippen molar-refractivity contribution in [2.45, 2.75) is 50.7 Å². The van der Waals surface area contributed by atoms with Gasteiger partial charge in [-0.15, -0.1) is 11.3 Å². The Labute approximate surface area is 117 Å². The molecule has 1 fully saturated rings. The Kier molecular flexibility index (Phi) is 3.60. The van der Waals surface area contributed by atoms with Crippen LogP contribution in [0.25, 0.3) is 4.96 Å². The van der Waals surface area contributed by atoms with E-state index in [0.29, 0.717) is 12.5 Å². The zero-order valence-electron chi connectivity index (χ0n) is 11.3. The minimum absolute atomic E-state index is 0.560. The number of nitrogens with one attached hydrogen (secondary N) is 1. The van der Waals surface area contributed by atoms with Crippen LogP contribution in [0, 0.1) is 0 Å². The van der Waals surface area contributed by atoms with Crippen LogP contribution in [-0.2, 0) is 6.42 Å². The summed E-state index contributed by atoms with van der Waals surface area (Å²) in [6, 6.07) is 0.579. The van der Waals surface area contributed by atoms with E-state index >= 15 is 0 Å². The third kappa shape index (κ3) is 2.83. The number of aliphatic hydroxyl groups is 1. The molecule has 0 saturated heterocycles. The van der Waals surface area contributed by atoms with Gasteiger partial charge in [0.25, 0.3) is 0 Å². The van der Waals surface area contributed by atoms with Gasteiger partial charge in [-0.1, -0.05) is 6.92 Å². The summed E-state index contributed by atoms with van der Waals surface area (Å²) in [5.41, 5.74) is 0.451. The van der Waals surface area contributed by atoms with Gasteiger partial charge < -0.3 is 10.4 Å². The molecule has 2 heterocycles. The van der Waals surface area contributed by atoms with Gasteiger partial charge in [0.1, 0.15) is 0 Å². The molecule has 0 unspecified atom stereocenters. The highest BCUT2D eigenvalue weighted by Crippen LogP contribution is 2.31. The van der Waals surface area contributed by atoms with E-state index in [4.69, 9.17) is 0 Å². The predicted molar refractivity (Wildman–Crippen MR) is 77.7 cm³/mol. The number of thiazole rings is 1. The maximum Gasteiger partial charge on any atom is 0.193 e. The SMILES string of the molecule is CCNC1CCC(O)(Cc2cn3ccsc3n2)CC1. The normalized spacial score (nSPS) is 28.0. The monoisotopic (exact) mass is 279 g/mol. The zero-order valence-corrected chi connectivity index (χ0v) is 12.1. The van der Waals surface area contributed by atoms with Crippen molar-refractivity contribution in [3.05, 3.63) is 23.5 Å². The van der Waals surface area contributed by atoms with Crippen LogP contribution in [0.3, 0.4) is 0 Å². The Morgan fingerprint density at radius 3 is 3.00 bits per heavy atom. The first kappa shape index (κ1) is 13.1. The summed E-state index contributed by atoms with van der Waals surface area (Å²) in [5.74, 6) is 0. The van der Waals surface area contributed by atoms with Gasteiger partial charge in [-0.25, -0.2) is 4.98 Å². The van der Waals surface area contributed by atoms with Crippen LogP contribution < -0.4 is 5.32 Å². The molecule has 4 nitrogen and oxygen atoms in total. The van der Waals surface area contributed by atoms with Gasteiger partial charge in [0.15, 0.2) is 4.96 Å². The molecule has 5 heteroatoms. The molecule has 0 bridgehead atoms. The Morgan fingerprint density at radius 2 is 2.32 bits per heavy atom. The summed E-state index contributed by atoms with van der Waals surface area (Å²) in [6.07, 6.45) is 8.61. The van der Waals surface area contributed by atoms with E-state index in [1.165, 1.54) is 0 Å². The molecule has 0 amide bonds. The van der Waals surface area contributed by atoms with Crippen LogP contribution in [0.4, 0.5) is 0 Å². The Balaban J connectivity index is 1.64. The second kappa shape index (κ2) is 5.23. The lowest BCUT2D eigenvalue weighted by molar-refractivity contribution is -0.00363. The minimum Gasteiger partial charge on any atom is -0.389 e. The zero-order chi connectivity index (χ0) is 13.3. The summed E-state index contributed by atoms with van der Waals surface area (Å²) in [4.78, 5) is 5.59. The molecular formula is C14H21N3OS. The largest absolute Gasteiger partial charge is 0.389 e. The smallest absolute Gasteiger partial charge is 0.193 e. The van der Waals surface area contributed by atoms with E-state index < -0.39 is 5.60 Å². The number of nitrogens with zero attached hydrogens (tertiary/aromatic N) is 2. The van der Waals surface area contributed by atoms with Crippen molar-refractivity contribution in [1.29, 1.82) is 0 Å². The predicted octanol–water partition coefficient (Wildman–Crippen LogP) is 2.22. The van der Waals surface area contributed by atoms with Crippen molar-refractivity contribution >= 4 is 16.3 Å². The van der Waals surface area contributed by atoms with Gasteiger partial charge in [-0.2, -0.15) is 0 Å². The fourth-order valence-electron chi connectivity index (χ4n) is 3.02. The first-order chi connectivity index (χ1) is 9.18. The molecule has 1 aliphatic rings. The molecular weight excluding hydrogens is 258 g/mol.